The smallest absolute Gasteiger partial charge is 0.0775 e. The normalized spacial score (nSPS) is 44.6. The molecule has 3 aliphatic rings. The van der Waals surface area contributed by atoms with Crippen molar-refractivity contribution in [3.05, 3.63) is 0 Å². The Balaban J connectivity index is 1.82. The second kappa shape index (κ2) is 4.60. The van der Waals surface area contributed by atoms with Gasteiger partial charge in [-0.3, -0.25) is 4.90 Å². The summed E-state index contributed by atoms with van der Waals surface area (Å²) in [5.74, 6) is 1.37. The summed E-state index contributed by atoms with van der Waals surface area (Å²) in [6.07, 6.45) is 9.16. The first-order valence-electron chi connectivity index (χ1n) is 7.32. The Morgan fingerprint density at radius 2 is 2.18 bits per heavy atom. The molecule has 0 aromatic carbocycles. The Kier molecular flexibility index (Phi) is 3.12. The third-order valence-corrected chi connectivity index (χ3v) is 5.26. The monoisotopic (exact) mass is 236 g/mol. The Hall–Kier alpha value is -0.570. The molecule has 1 N–H and O–H groups in total. The molecule has 0 spiro atoms. The highest BCUT2D eigenvalue weighted by atomic mass is 16.4. The Bertz CT molecular complexity index is 315. The molecule has 2 bridgehead atoms. The predicted octanol–water partition coefficient (Wildman–Crippen LogP) is 2.88. The van der Waals surface area contributed by atoms with Crippen LogP contribution in [0.25, 0.3) is 0 Å². The van der Waals surface area contributed by atoms with Crippen molar-refractivity contribution in [1.82, 2.24) is 4.90 Å². The lowest BCUT2D eigenvalue weighted by Gasteiger charge is -2.42. The average Bonchev–Trinajstić information content (AvgIpc) is 2.98. The molecule has 4 atom stereocenters. The highest BCUT2D eigenvalue weighted by Gasteiger charge is 2.49. The zero-order chi connectivity index (χ0) is 11.8. The van der Waals surface area contributed by atoms with Gasteiger partial charge in [-0.05, 0) is 51.0 Å². The van der Waals surface area contributed by atoms with Crippen LogP contribution in [0.1, 0.15) is 51.9 Å². The van der Waals surface area contributed by atoms with Gasteiger partial charge < -0.3 is 5.21 Å². The second-order valence-electron chi connectivity index (χ2n) is 6.04. The molecule has 3 heteroatoms. The van der Waals surface area contributed by atoms with Gasteiger partial charge in [-0.25, -0.2) is 0 Å². The highest BCUT2D eigenvalue weighted by molar-refractivity contribution is 5.94. The number of hydrogen-bond donors (Lipinski definition) is 1. The predicted molar refractivity (Wildman–Crippen MR) is 68.5 cm³/mol. The molecule has 0 radical (unpaired) electrons. The van der Waals surface area contributed by atoms with Crippen molar-refractivity contribution in [1.29, 1.82) is 0 Å². The zero-order valence-electron chi connectivity index (χ0n) is 10.8. The molecule has 0 aromatic rings. The third-order valence-electron chi connectivity index (χ3n) is 5.26. The van der Waals surface area contributed by atoms with E-state index in [1.165, 1.54) is 51.5 Å². The van der Waals surface area contributed by atoms with Gasteiger partial charge in [-0.1, -0.05) is 18.5 Å². The summed E-state index contributed by atoms with van der Waals surface area (Å²) in [5, 5.41) is 13.0. The highest BCUT2D eigenvalue weighted by Crippen LogP contribution is 2.46. The molecule has 0 aromatic heterocycles. The molecule has 3 nitrogen and oxygen atoms in total. The van der Waals surface area contributed by atoms with Gasteiger partial charge in [0, 0.05) is 12.0 Å². The van der Waals surface area contributed by atoms with Crippen molar-refractivity contribution in [2.24, 2.45) is 17.0 Å². The molecule has 1 saturated heterocycles. The fourth-order valence-electron chi connectivity index (χ4n) is 4.46. The topological polar surface area (TPSA) is 35.8 Å². The van der Waals surface area contributed by atoms with Crippen LogP contribution in [0.5, 0.6) is 0 Å². The summed E-state index contributed by atoms with van der Waals surface area (Å²) in [6, 6.07) is 1.20. The van der Waals surface area contributed by atoms with E-state index in [2.05, 4.69) is 17.0 Å². The van der Waals surface area contributed by atoms with E-state index in [0.29, 0.717) is 12.0 Å². The van der Waals surface area contributed by atoms with E-state index in [1.54, 1.807) is 0 Å². The Morgan fingerprint density at radius 3 is 2.94 bits per heavy atom. The molecular weight excluding hydrogens is 212 g/mol. The minimum absolute atomic E-state index is 0.476. The van der Waals surface area contributed by atoms with Crippen LogP contribution in [0.2, 0.25) is 0 Å². The van der Waals surface area contributed by atoms with Crippen molar-refractivity contribution in [3.63, 3.8) is 0 Å². The van der Waals surface area contributed by atoms with Crippen LogP contribution in [-0.4, -0.2) is 34.4 Å². The maximum absolute atomic E-state index is 9.31. The second-order valence-corrected chi connectivity index (χ2v) is 6.04. The van der Waals surface area contributed by atoms with Crippen molar-refractivity contribution < 1.29 is 5.21 Å². The van der Waals surface area contributed by atoms with Gasteiger partial charge in [0.25, 0.3) is 0 Å². The van der Waals surface area contributed by atoms with E-state index < -0.39 is 0 Å². The first kappa shape index (κ1) is 11.5. The first-order valence-corrected chi connectivity index (χ1v) is 7.32. The number of fused-ring (bicyclic) bond motifs is 2. The summed E-state index contributed by atoms with van der Waals surface area (Å²) in [5.41, 5.74) is 1.11. The van der Waals surface area contributed by atoms with Crippen LogP contribution in [0, 0.1) is 11.8 Å². The van der Waals surface area contributed by atoms with Gasteiger partial charge >= 0.3 is 0 Å². The molecule has 17 heavy (non-hydrogen) atoms. The van der Waals surface area contributed by atoms with E-state index in [9.17, 15) is 5.21 Å². The van der Waals surface area contributed by atoms with Crippen molar-refractivity contribution in [2.75, 3.05) is 6.54 Å². The SMILES string of the molecule is CC[C@H]1CCCCN1[C@H]1/C(=N\O)[C@H]2CC[C@@H]1C2. The summed E-state index contributed by atoms with van der Waals surface area (Å²) in [4.78, 5) is 2.67. The molecule has 1 aliphatic heterocycles. The number of hydrogen-bond acceptors (Lipinski definition) is 3. The van der Waals surface area contributed by atoms with Gasteiger partial charge in [0.1, 0.15) is 0 Å². The van der Waals surface area contributed by atoms with Crippen molar-refractivity contribution in [2.45, 2.75) is 64.0 Å². The van der Waals surface area contributed by atoms with Crippen LogP contribution in [0.4, 0.5) is 0 Å². The zero-order valence-corrected chi connectivity index (χ0v) is 10.8. The van der Waals surface area contributed by atoms with Gasteiger partial charge in [0.2, 0.25) is 0 Å². The van der Waals surface area contributed by atoms with E-state index >= 15 is 0 Å². The molecule has 96 valence electrons. The lowest BCUT2D eigenvalue weighted by atomic mass is 9.88. The van der Waals surface area contributed by atoms with Crippen LogP contribution in [0.15, 0.2) is 5.16 Å². The van der Waals surface area contributed by atoms with Crippen LogP contribution in [-0.2, 0) is 0 Å². The molecular formula is C14H24N2O. The Morgan fingerprint density at radius 1 is 1.29 bits per heavy atom. The molecule has 3 rings (SSSR count). The lowest BCUT2D eigenvalue weighted by molar-refractivity contribution is 0.0954. The fourth-order valence-corrected chi connectivity index (χ4v) is 4.46. The minimum Gasteiger partial charge on any atom is -0.411 e. The largest absolute Gasteiger partial charge is 0.411 e. The average molecular weight is 236 g/mol. The molecule has 3 fully saturated rings. The van der Waals surface area contributed by atoms with Crippen molar-refractivity contribution in [3.8, 4) is 0 Å². The maximum Gasteiger partial charge on any atom is 0.0775 e. The summed E-state index contributed by atoms with van der Waals surface area (Å²) in [6.45, 7) is 3.51. The van der Waals surface area contributed by atoms with E-state index in [0.717, 1.165) is 17.7 Å². The quantitative estimate of drug-likeness (QED) is 0.591. The fraction of sp³-hybridized carbons (Fsp3) is 0.929. The molecule has 1 heterocycles. The van der Waals surface area contributed by atoms with Crippen LogP contribution >= 0.6 is 0 Å². The van der Waals surface area contributed by atoms with Gasteiger partial charge in [-0.15, -0.1) is 0 Å². The van der Waals surface area contributed by atoms with Gasteiger partial charge in [0.05, 0.1) is 11.8 Å². The number of piperidine rings is 1. The van der Waals surface area contributed by atoms with E-state index in [4.69, 9.17) is 0 Å². The maximum atomic E-state index is 9.31. The summed E-state index contributed by atoms with van der Waals surface area (Å²) in [7, 11) is 0. The number of oxime groups is 1. The minimum atomic E-state index is 0.476. The molecule has 0 amide bonds. The number of rotatable bonds is 2. The lowest BCUT2D eigenvalue weighted by Crippen LogP contribution is -2.52. The third kappa shape index (κ3) is 1.79. The number of likely N-dealkylation sites (tertiary alicyclic amines) is 1. The van der Waals surface area contributed by atoms with Crippen LogP contribution in [0.3, 0.4) is 0 Å². The van der Waals surface area contributed by atoms with E-state index in [-0.39, 0.29) is 0 Å². The molecule has 2 saturated carbocycles. The van der Waals surface area contributed by atoms with E-state index in [1.807, 2.05) is 0 Å². The molecule has 2 aliphatic carbocycles. The van der Waals surface area contributed by atoms with Gasteiger partial charge in [-0.2, -0.15) is 0 Å². The van der Waals surface area contributed by atoms with Crippen molar-refractivity contribution >= 4 is 5.71 Å². The first-order chi connectivity index (χ1) is 8.35. The molecule has 0 unspecified atom stereocenters. The summed E-state index contributed by atoms with van der Waals surface area (Å²) >= 11 is 0. The standard InChI is InChI=1S/C14H24N2O/c1-2-12-5-3-4-8-16(12)14-11-7-6-10(9-11)13(14)15-17/h10-12,14,17H,2-9H2,1H3/b15-13-/t10-,11+,12-,14+/m0/s1. The van der Waals surface area contributed by atoms with Gasteiger partial charge in [0.15, 0.2) is 0 Å². The number of nitrogens with zero attached hydrogens (tertiary/aromatic N) is 2. The summed E-state index contributed by atoms with van der Waals surface area (Å²) < 4.78 is 0. The van der Waals surface area contributed by atoms with Crippen LogP contribution < -0.4 is 0 Å². The Labute approximate surface area is 104 Å².